The van der Waals surface area contributed by atoms with Gasteiger partial charge in [-0.1, -0.05) is 13.8 Å². The number of aromatic nitrogens is 2. The van der Waals surface area contributed by atoms with Gasteiger partial charge in [0.05, 0.1) is 12.7 Å². The molecule has 0 amide bonds. The first-order valence-corrected chi connectivity index (χ1v) is 8.07. The Labute approximate surface area is 127 Å². The van der Waals surface area contributed by atoms with Crippen LogP contribution in [0.1, 0.15) is 44.1 Å². The third-order valence-corrected chi connectivity index (χ3v) is 4.36. The van der Waals surface area contributed by atoms with Crippen LogP contribution in [0.15, 0.2) is 6.07 Å². The van der Waals surface area contributed by atoms with Crippen LogP contribution in [0.2, 0.25) is 0 Å². The van der Waals surface area contributed by atoms with E-state index in [4.69, 9.17) is 4.74 Å². The van der Waals surface area contributed by atoms with Crippen molar-refractivity contribution in [1.29, 1.82) is 0 Å². The average molecular weight is 290 g/mol. The van der Waals surface area contributed by atoms with Gasteiger partial charge in [0.25, 0.3) is 0 Å². The van der Waals surface area contributed by atoms with E-state index in [0.717, 1.165) is 37.0 Å². The lowest BCUT2D eigenvalue weighted by molar-refractivity contribution is -0.0416. The van der Waals surface area contributed by atoms with Gasteiger partial charge in [0.2, 0.25) is 0 Å². The monoisotopic (exact) mass is 290 g/mol. The van der Waals surface area contributed by atoms with Gasteiger partial charge in [0, 0.05) is 36.8 Å². The van der Waals surface area contributed by atoms with E-state index in [0.29, 0.717) is 12.0 Å². The smallest absolute Gasteiger partial charge is 0.133 e. The number of aryl methyl sites for hydroxylation is 1. The number of anilines is 1. The summed E-state index contributed by atoms with van der Waals surface area (Å²) in [5, 5.41) is 3.43. The normalized spacial score (nSPS) is 26.1. The summed E-state index contributed by atoms with van der Waals surface area (Å²) in [5.74, 6) is 2.17. The summed E-state index contributed by atoms with van der Waals surface area (Å²) >= 11 is 0. The molecule has 2 aliphatic heterocycles. The predicted octanol–water partition coefficient (Wildman–Crippen LogP) is 2.18. The molecule has 5 heteroatoms. The van der Waals surface area contributed by atoms with Gasteiger partial charge in [-0.3, -0.25) is 4.90 Å². The number of ether oxygens (including phenoxy) is 1. The minimum atomic E-state index is 0.261. The van der Waals surface area contributed by atoms with Gasteiger partial charge in [0.15, 0.2) is 0 Å². The lowest BCUT2D eigenvalue weighted by Gasteiger charge is -2.35. The first-order valence-electron chi connectivity index (χ1n) is 8.07. The highest BCUT2D eigenvalue weighted by Gasteiger charge is 2.31. The number of hydrogen-bond acceptors (Lipinski definition) is 5. The highest BCUT2D eigenvalue weighted by atomic mass is 16.5. The molecule has 1 aromatic heterocycles. The number of morpholine rings is 1. The Kier molecular flexibility index (Phi) is 4.40. The summed E-state index contributed by atoms with van der Waals surface area (Å²) in [6, 6.07) is 2.67. The SMILES string of the molecule is Cc1cc(NCC2CN3CCCC3CO2)nc(C(C)C)n1. The summed E-state index contributed by atoms with van der Waals surface area (Å²) in [6.45, 7) is 10.2. The standard InChI is InChI=1S/C16H26N4O/c1-11(2)16-18-12(3)7-15(19-16)17-8-14-9-20-6-4-5-13(20)10-21-14/h7,11,13-14H,4-6,8-10H2,1-3H3,(H,17,18,19). The fourth-order valence-corrected chi connectivity index (χ4v) is 3.17. The Balaban J connectivity index is 1.57. The molecule has 2 aliphatic rings. The van der Waals surface area contributed by atoms with Crippen molar-refractivity contribution in [3.8, 4) is 0 Å². The second kappa shape index (κ2) is 6.28. The second-order valence-electron chi connectivity index (χ2n) is 6.53. The topological polar surface area (TPSA) is 50.3 Å². The molecule has 0 spiro atoms. The van der Waals surface area contributed by atoms with Crippen molar-refractivity contribution in [1.82, 2.24) is 14.9 Å². The Morgan fingerprint density at radius 2 is 2.29 bits per heavy atom. The molecule has 5 nitrogen and oxygen atoms in total. The molecule has 21 heavy (non-hydrogen) atoms. The minimum Gasteiger partial charge on any atom is -0.373 e. The summed E-state index contributed by atoms with van der Waals surface area (Å²) in [6.07, 6.45) is 2.87. The predicted molar refractivity (Wildman–Crippen MR) is 83.7 cm³/mol. The van der Waals surface area contributed by atoms with Crippen molar-refractivity contribution in [3.63, 3.8) is 0 Å². The Morgan fingerprint density at radius 3 is 3.10 bits per heavy atom. The van der Waals surface area contributed by atoms with Gasteiger partial charge in [-0.25, -0.2) is 9.97 Å². The van der Waals surface area contributed by atoms with Crippen LogP contribution >= 0.6 is 0 Å². The molecule has 2 saturated heterocycles. The first-order chi connectivity index (χ1) is 10.1. The number of nitrogens with one attached hydrogen (secondary N) is 1. The molecule has 0 saturated carbocycles. The number of nitrogens with zero attached hydrogens (tertiary/aromatic N) is 3. The van der Waals surface area contributed by atoms with Crippen LogP contribution in [-0.2, 0) is 4.74 Å². The average Bonchev–Trinajstić information content (AvgIpc) is 2.92. The Morgan fingerprint density at radius 1 is 1.43 bits per heavy atom. The molecule has 1 aromatic rings. The number of rotatable bonds is 4. The van der Waals surface area contributed by atoms with Crippen LogP contribution in [0.5, 0.6) is 0 Å². The van der Waals surface area contributed by atoms with Crippen LogP contribution in [0.4, 0.5) is 5.82 Å². The summed E-state index contributed by atoms with van der Waals surface area (Å²) in [7, 11) is 0. The molecule has 2 fully saturated rings. The van der Waals surface area contributed by atoms with Crippen molar-refractivity contribution >= 4 is 5.82 Å². The molecular weight excluding hydrogens is 264 g/mol. The molecule has 0 aliphatic carbocycles. The molecule has 0 bridgehead atoms. The molecular formula is C16H26N4O. The molecule has 2 atom stereocenters. The molecule has 1 N–H and O–H groups in total. The highest BCUT2D eigenvalue weighted by molar-refractivity contribution is 5.36. The molecule has 2 unspecified atom stereocenters. The number of fused-ring (bicyclic) bond motifs is 1. The third kappa shape index (κ3) is 3.52. The van der Waals surface area contributed by atoms with E-state index < -0.39 is 0 Å². The lowest BCUT2D eigenvalue weighted by atomic mass is 10.2. The van der Waals surface area contributed by atoms with Crippen LogP contribution in [0, 0.1) is 6.92 Å². The summed E-state index contributed by atoms with van der Waals surface area (Å²) in [5.41, 5.74) is 1.01. The minimum absolute atomic E-state index is 0.261. The van der Waals surface area contributed by atoms with Crippen LogP contribution in [-0.4, -0.2) is 53.3 Å². The summed E-state index contributed by atoms with van der Waals surface area (Å²) in [4.78, 5) is 11.6. The van der Waals surface area contributed by atoms with Crippen molar-refractivity contribution in [3.05, 3.63) is 17.6 Å². The van der Waals surface area contributed by atoms with Gasteiger partial charge < -0.3 is 10.1 Å². The van der Waals surface area contributed by atoms with Gasteiger partial charge >= 0.3 is 0 Å². The van der Waals surface area contributed by atoms with E-state index in [2.05, 4.69) is 34.0 Å². The van der Waals surface area contributed by atoms with Gasteiger partial charge in [-0.05, 0) is 26.3 Å². The van der Waals surface area contributed by atoms with Crippen molar-refractivity contribution in [2.45, 2.75) is 51.7 Å². The van der Waals surface area contributed by atoms with Crippen molar-refractivity contribution in [2.24, 2.45) is 0 Å². The molecule has 3 rings (SSSR count). The van der Waals surface area contributed by atoms with Crippen LogP contribution < -0.4 is 5.32 Å². The Hall–Kier alpha value is -1.20. The van der Waals surface area contributed by atoms with Crippen molar-refractivity contribution in [2.75, 3.05) is 31.6 Å². The van der Waals surface area contributed by atoms with E-state index >= 15 is 0 Å². The molecule has 116 valence electrons. The molecule has 0 radical (unpaired) electrons. The fourth-order valence-electron chi connectivity index (χ4n) is 3.17. The lowest BCUT2D eigenvalue weighted by Crippen LogP contribution is -2.48. The highest BCUT2D eigenvalue weighted by Crippen LogP contribution is 2.22. The van der Waals surface area contributed by atoms with E-state index in [1.165, 1.54) is 19.4 Å². The fraction of sp³-hybridized carbons (Fsp3) is 0.750. The van der Waals surface area contributed by atoms with Crippen molar-refractivity contribution < 1.29 is 4.74 Å². The zero-order valence-corrected chi connectivity index (χ0v) is 13.3. The molecule has 3 heterocycles. The zero-order valence-electron chi connectivity index (χ0n) is 13.3. The van der Waals surface area contributed by atoms with E-state index in [1.54, 1.807) is 0 Å². The maximum atomic E-state index is 5.97. The van der Waals surface area contributed by atoms with Gasteiger partial charge in [0.1, 0.15) is 11.6 Å². The Bertz CT molecular complexity index is 491. The van der Waals surface area contributed by atoms with Gasteiger partial charge in [-0.15, -0.1) is 0 Å². The zero-order chi connectivity index (χ0) is 14.8. The van der Waals surface area contributed by atoms with Gasteiger partial charge in [-0.2, -0.15) is 0 Å². The number of hydrogen-bond donors (Lipinski definition) is 1. The molecule has 0 aromatic carbocycles. The van der Waals surface area contributed by atoms with E-state index in [9.17, 15) is 0 Å². The quantitative estimate of drug-likeness (QED) is 0.921. The third-order valence-electron chi connectivity index (χ3n) is 4.36. The maximum absolute atomic E-state index is 5.97. The second-order valence-corrected chi connectivity index (χ2v) is 6.53. The van der Waals surface area contributed by atoms with Crippen LogP contribution in [0.3, 0.4) is 0 Å². The summed E-state index contributed by atoms with van der Waals surface area (Å²) < 4.78 is 5.97. The van der Waals surface area contributed by atoms with Crippen LogP contribution in [0.25, 0.3) is 0 Å². The van der Waals surface area contributed by atoms with E-state index in [-0.39, 0.29) is 6.10 Å². The first kappa shape index (κ1) is 14.7. The maximum Gasteiger partial charge on any atom is 0.133 e. The van der Waals surface area contributed by atoms with E-state index in [1.807, 2.05) is 13.0 Å². The largest absolute Gasteiger partial charge is 0.373 e.